The second-order valence-electron chi connectivity index (χ2n) is 7.31. The van der Waals surface area contributed by atoms with Crippen molar-refractivity contribution in [2.75, 3.05) is 34.8 Å². The molecule has 1 aliphatic heterocycles. The molecule has 0 bridgehead atoms. The highest BCUT2D eigenvalue weighted by molar-refractivity contribution is 6.02. The normalized spacial score (nSPS) is 20.6. The van der Waals surface area contributed by atoms with E-state index in [0.29, 0.717) is 43.4 Å². The van der Waals surface area contributed by atoms with E-state index in [1.165, 1.54) is 0 Å². The van der Waals surface area contributed by atoms with Gasteiger partial charge in [0.2, 0.25) is 11.9 Å². The average Bonchev–Trinajstić information content (AvgIpc) is 2.69. The van der Waals surface area contributed by atoms with Crippen LogP contribution >= 0.6 is 0 Å². The van der Waals surface area contributed by atoms with Gasteiger partial charge in [-0.15, -0.1) is 0 Å². The second kappa shape index (κ2) is 8.00. The van der Waals surface area contributed by atoms with Gasteiger partial charge in [0.1, 0.15) is 17.5 Å². The summed E-state index contributed by atoms with van der Waals surface area (Å²) in [5.41, 5.74) is 0.691. The molecule has 10 heteroatoms. The Morgan fingerprint density at radius 3 is 2.50 bits per heavy atom. The van der Waals surface area contributed by atoms with Gasteiger partial charge in [0, 0.05) is 44.1 Å². The summed E-state index contributed by atoms with van der Waals surface area (Å²) in [6, 6.07) is 1.71. The maximum absolute atomic E-state index is 13.3. The van der Waals surface area contributed by atoms with E-state index in [-0.39, 0.29) is 30.3 Å². The van der Waals surface area contributed by atoms with Gasteiger partial charge in [-0.3, -0.25) is 4.79 Å². The number of aromatic nitrogens is 2. The number of amides is 1. The van der Waals surface area contributed by atoms with Crippen molar-refractivity contribution in [1.82, 2.24) is 9.97 Å². The molecule has 0 saturated heterocycles. The molecule has 1 amide bonds. The van der Waals surface area contributed by atoms with Gasteiger partial charge in [-0.25, -0.2) is 18.2 Å². The number of hydrogen-bond donors (Lipinski definition) is 1. The van der Waals surface area contributed by atoms with Crippen LogP contribution in [0.2, 0.25) is 0 Å². The predicted octanol–water partition coefficient (Wildman–Crippen LogP) is 3.11. The molecule has 2 aliphatic rings. The quantitative estimate of drug-likeness (QED) is 0.723. The maximum atomic E-state index is 13.3. The Bertz CT molecular complexity index is 944. The lowest BCUT2D eigenvalue weighted by Crippen LogP contribution is -2.46. The minimum atomic E-state index is -1.51. The Labute approximate surface area is 171 Å². The highest BCUT2D eigenvalue weighted by atomic mass is 19.2. The average molecular weight is 421 g/mol. The summed E-state index contributed by atoms with van der Waals surface area (Å²) in [4.78, 5) is 24.7. The van der Waals surface area contributed by atoms with Crippen molar-refractivity contribution in [3.8, 4) is 5.75 Å². The molecule has 0 radical (unpaired) electrons. The Kier molecular flexibility index (Phi) is 5.40. The second-order valence-corrected chi connectivity index (χ2v) is 7.31. The standard InChI is InChI=1S/C20H22F3N5O2/c1-3-27-10-17(29)28(4-2)16-9-24-20(26-19(16)27)25-11-5-12(6-11)30-13-7-14(21)18(23)15(22)8-13/h7-9,11-12H,3-6,10H2,1-2H3,(H,24,25,26)/t11-,12-. The molecule has 1 fully saturated rings. The molecular formula is C20H22F3N5O2. The summed E-state index contributed by atoms with van der Waals surface area (Å²) in [5, 5.41) is 3.22. The van der Waals surface area contributed by atoms with Crippen molar-refractivity contribution >= 4 is 23.4 Å². The van der Waals surface area contributed by atoms with E-state index >= 15 is 0 Å². The summed E-state index contributed by atoms with van der Waals surface area (Å²) in [6.45, 7) is 5.34. The van der Waals surface area contributed by atoms with Gasteiger partial charge < -0.3 is 19.9 Å². The molecule has 1 N–H and O–H groups in total. The van der Waals surface area contributed by atoms with Crippen molar-refractivity contribution < 1.29 is 22.7 Å². The first-order chi connectivity index (χ1) is 14.4. The maximum Gasteiger partial charge on any atom is 0.246 e. The van der Waals surface area contributed by atoms with Crippen molar-refractivity contribution in [2.24, 2.45) is 0 Å². The molecule has 2 heterocycles. The smallest absolute Gasteiger partial charge is 0.246 e. The first kappa shape index (κ1) is 20.2. The van der Waals surface area contributed by atoms with E-state index in [2.05, 4.69) is 15.3 Å². The molecule has 1 aliphatic carbocycles. The zero-order valence-electron chi connectivity index (χ0n) is 16.7. The highest BCUT2D eigenvalue weighted by Crippen LogP contribution is 2.33. The van der Waals surface area contributed by atoms with Crippen LogP contribution in [-0.4, -0.2) is 47.7 Å². The number of nitrogens with one attached hydrogen (secondary N) is 1. The molecule has 1 saturated carbocycles. The fraction of sp³-hybridized carbons (Fsp3) is 0.450. The Balaban J connectivity index is 1.39. The van der Waals surface area contributed by atoms with Crippen molar-refractivity contribution in [1.29, 1.82) is 0 Å². The number of fused-ring (bicyclic) bond motifs is 1. The lowest BCUT2D eigenvalue weighted by atomic mass is 9.89. The van der Waals surface area contributed by atoms with Gasteiger partial charge in [-0.05, 0) is 13.8 Å². The highest BCUT2D eigenvalue weighted by Gasteiger charge is 2.33. The molecule has 1 aromatic carbocycles. The fourth-order valence-electron chi connectivity index (χ4n) is 3.68. The third-order valence-electron chi connectivity index (χ3n) is 5.35. The van der Waals surface area contributed by atoms with Crippen molar-refractivity contribution in [3.05, 3.63) is 35.8 Å². The van der Waals surface area contributed by atoms with Crippen molar-refractivity contribution in [3.63, 3.8) is 0 Å². The minimum Gasteiger partial charge on any atom is -0.490 e. The van der Waals surface area contributed by atoms with Gasteiger partial charge >= 0.3 is 0 Å². The van der Waals surface area contributed by atoms with Crippen LogP contribution in [0.3, 0.4) is 0 Å². The molecule has 0 unspecified atom stereocenters. The zero-order chi connectivity index (χ0) is 21.4. The largest absolute Gasteiger partial charge is 0.490 e. The lowest BCUT2D eigenvalue weighted by Gasteiger charge is -2.37. The van der Waals surface area contributed by atoms with Crippen molar-refractivity contribution in [2.45, 2.75) is 38.8 Å². The number of nitrogens with zero attached hydrogens (tertiary/aromatic N) is 4. The van der Waals surface area contributed by atoms with Crippen LogP contribution in [0.25, 0.3) is 0 Å². The van der Waals surface area contributed by atoms with Gasteiger partial charge in [0.05, 0.1) is 12.7 Å². The number of anilines is 3. The molecule has 7 nitrogen and oxygen atoms in total. The first-order valence-electron chi connectivity index (χ1n) is 9.89. The monoisotopic (exact) mass is 421 g/mol. The topological polar surface area (TPSA) is 70.6 Å². The Hall–Kier alpha value is -3.04. The summed E-state index contributed by atoms with van der Waals surface area (Å²) in [6.07, 6.45) is 2.56. The summed E-state index contributed by atoms with van der Waals surface area (Å²) >= 11 is 0. The van der Waals surface area contributed by atoms with Crippen LogP contribution in [0.5, 0.6) is 5.75 Å². The predicted molar refractivity (Wildman–Crippen MR) is 105 cm³/mol. The number of benzene rings is 1. The SMILES string of the molecule is CCN1CC(=O)N(CC)c2cnc(N[C@H]3C[C@H](Oc4cc(F)c(F)c(F)c4)C3)nc21. The minimum absolute atomic E-state index is 0.0174. The number of likely N-dealkylation sites (N-methyl/N-ethyl adjacent to an activating group) is 2. The molecule has 2 aromatic rings. The van der Waals surface area contributed by atoms with Crippen LogP contribution < -0.4 is 19.9 Å². The van der Waals surface area contributed by atoms with Crippen LogP contribution in [0.4, 0.5) is 30.6 Å². The van der Waals surface area contributed by atoms with Gasteiger partial charge in [-0.2, -0.15) is 4.98 Å². The number of hydrogen-bond acceptors (Lipinski definition) is 6. The molecule has 30 heavy (non-hydrogen) atoms. The molecule has 0 spiro atoms. The van der Waals surface area contributed by atoms with E-state index in [4.69, 9.17) is 4.74 Å². The van der Waals surface area contributed by atoms with E-state index in [9.17, 15) is 18.0 Å². The van der Waals surface area contributed by atoms with E-state index in [1.54, 1.807) is 11.1 Å². The summed E-state index contributed by atoms with van der Waals surface area (Å²) in [7, 11) is 0. The molecule has 4 rings (SSSR count). The molecule has 0 atom stereocenters. The number of rotatable bonds is 6. The van der Waals surface area contributed by atoms with Crippen LogP contribution in [0.1, 0.15) is 26.7 Å². The number of ether oxygens (including phenoxy) is 1. The number of carbonyl (C=O) groups excluding carboxylic acids is 1. The lowest BCUT2D eigenvalue weighted by molar-refractivity contribution is -0.117. The third-order valence-corrected chi connectivity index (χ3v) is 5.35. The van der Waals surface area contributed by atoms with Crippen LogP contribution in [0, 0.1) is 17.5 Å². The Morgan fingerprint density at radius 2 is 1.87 bits per heavy atom. The zero-order valence-corrected chi connectivity index (χ0v) is 16.7. The summed E-state index contributed by atoms with van der Waals surface area (Å²) in [5.74, 6) is -2.93. The molecule has 160 valence electrons. The fourth-order valence-corrected chi connectivity index (χ4v) is 3.68. The van der Waals surface area contributed by atoms with E-state index < -0.39 is 17.5 Å². The van der Waals surface area contributed by atoms with Crippen LogP contribution in [-0.2, 0) is 4.79 Å². The van der Waals surface area contributed by atoms with Gasteiger partial charge in [0.25, 0.3) is 0 Å². The van der Waals surface area contributed by atoms with E-state index in [0.717, 1.165) is 12.1 Å². The summed E-state index contributed by atoms with van der Waals surface area (Å²) < 4.78 is 45.2. The van der Waals surface area contributed by atoms with Gasteiger partial charge in [-0.1, -0.05) is 0 Å². The van der Waals surface area contributed by atoms with Gasteiger partial charge in [0.15, 0.2) is 23.3 Å². The van der Waals surface area contributed by atoms with Crippen LogP contribution in [0.15, 0.2) is 18.3 Å². The first-order valence-corrected chi connectivity index (χ1v) is 9.89. The third kappa shape index (κ3) is 3.73. The number of carbonyl (C=O) groups is 1. The molecule has 1 aromatic heterocycles. The number of halogens is 3. The van der Waals surface area contributed by atoms with E-state index in [1.807, 2.05) is 18.7 Å². The molecular weight excluding hydrogens is 399 g/mol. The Morgan fingerprint density at radius 1 is 1.17 bits per heavy atom.